The van der Waals surface area contributed by atoms with Crippen LogP contribution in [-0.2, 0) is 5.88 Å². The number of aryl methyl sites for hydroxylation is 1. The zero-order valence-corrected chi connectivity index (χ0v) is 12.6. The molecular formula is C17H12ClN3O. The molecule has 4 rings (SSSR count). The minimum atomic E-state index is 0.321. The van der Waals surface area contributed by atoms with E-state index in [0.717, 1.165) is 33.2 Å². The molecule has 2 aromatic heterocycles. The lowest BCUT2D eigenvalue weighted by Crippen LogP contribution is -1.92. The van der Waals surface area contributed by atoms with Crippen LogP contribution >= 0.6 is 11.6 Å². The number of alkyl halides is 1. The van der Waals surface area contributed by atoms with E-state index in [-0.39, 0.29) is 0 Å². The van der Waals surface area contributed by atoms with Crippen LogP contribution in [0, 0.1) is 6.92 Å². The third-order valence-corrected chi connectivity index (χ3v) is 3.89. The third kappa shape index (κ3) is 2.04. The van der Waals surface area contributed by atoms with E-state index in [4.69, 9.17) is 26.0 Å². The van der Waals surface area contributed by atoms with E-state index in [1.165, 1.54) is 0 Å². The zero-order valence-electron chi connectivity index (χ0n) is 11.9. The summed E-state index contributed by atoms with van der Waals surface area (Å²) in [6.07, 6.45) is 1.57. The average Bonchev–Trinajstić information content (AvgIpc) is 3.02. The molecule has 5 heteroatoms. The van der Waals surface area contributed by atoms with Gasteiger partial charge in [0.15, 0.2) is 0 Å². The highest BCUT2D eigenvalue weighted by atomic mass is 35.5. The molecule has 2 heterocycles. The van der Waals surface area contributed by atoms with Gasteiger partial charge in [-0.1, -0.05) is 18.2 Å². The summed E-state index contributed by atoms with van der Waals surface area (Å²) in [7, 11) is 0. The molecule has 0 spiro atoms. The standard InChI is InChI=1S/C17H12ClN3O/c1-10-4-2-6-13-15(10)21-16-12(5-3-7-14(16)20-13)17-19-11(8-18)9-22-17/h2-7,9H,8H2,1H3. The largest absolute Gasteiger partial charge is 0.444 e. The molecule has 0 aliphatic rings. The molecule has 0 radical (unpaired) electrons. The van der Waals surface area contributed by atoms with E-state index in [1.807, 2.05) is 43.3 Å². The molecule has 4 aromatic rings. The van der Waals surface area contributed by atoms with E-state index in [2.05, 4.69) is 4.98 Å². The summed E-state index contributed by atoms with van der Waals surface area (Å²) in [5.41, 5.74) is 6.01. The maximum Gasteiger partial charge on any atom is 0.228 e. The number of benzene rings is 2. The van der Waals surface area contributed by atoms with Gasteiger partial charge in [-0.25, -0.2) is 15.0 Å². The highest BCUT2D eigenvalue weighted by Crippen LogP contribution is 2.28. The van der Waals surface area contributed by atoms with Crippen LogP contribution in [0.1, 0.15) is 11.3 Å². The van der Waals surface area contributed by atoms with E-state index in [0.29, 0.717) is 17.5 Å². The van der Waals surface area contributed by atoms with Crippen molar-refractivity contribution in [3.8, 4) is 11.5 Å². The first kappa shape index (κ1) is 13.2. The second-order valence-corrected chi connectivity index (χ2v) is 5.38. The second-order valence-electron chi connectivity index (χ2n) is 5.12. The number of aromatic nitrogens is 3. The van der Waals surface area contributed by atoms with Gasteiger partial charge in [0.1, 0.15) is 11.8 Å². The van der Waals surface area contributed by atoms with Crippen LogP contribution in [0.15, 0.2) is 47.1 Å². The third-order valence-electron chi connectivity index (χ3n) is 3.61. The van der Waals surface area contributed by atoms with Gasteiger partial charge in [0.05, 0.1) is 33.7 Å². The molecule has 2 aromatic carbocycles. The zero-order chi connectivity index (χ0) is 15.1. The fourth-order valence-corrected chi connectivity index (χ4v) is 2.65. The quantitative estimate of drug-likeness (QED) is 0.404. The Balaban J connectivity index is 2.04. The van der Waals surface area contributed by atoms with Crippen molar-refractivity contribution in [2.45, 2.75) is 12.8 Å². The number of rotatable bonds is 2. The van der Waals surface area contributed by atoms with Gasteiger partial charge in [0.2, 0.25) is 5.89 Å². The van der Waals surface area contributed by atoms with Crippen LogP contribution in [0.3, 0.4) is 0 Å². The summed E-state index contributed by atoms with van der Waals surface area (Å²) in [6.45, 7) is 2.03. The molecule has 0 saturated carbocycles. The number of halogens is 1. The first-order valence-electron chi connectivity index (χ1n) is 6.93. The average molecular weight is 310 g/mol. The van der Waals surface area contributed by atoms with Crippen molar-refractivity contribution in [2.75, 3.05) is 0 Å². The molecule has 0 fully saturated rings. The smallest absolute Gasteiger partial charge is 0.228 e. The van der Waals surface area contributed by atoms with E-state index >= 15 is 0 Å². The van der Waals surface area contributed by atoms with Crippen LogP contribution in [-0.4, -0.2) is 15.0 Å². The molecular weight excluding hydrogens is 298 g/mol. The molecule has 0 atom stereocenters. The topological polar surface area (TPSA) is 51.8 Å². The van der Waals surface area contributed by atoms with Crippen molar-refractivity contribution in [1.82, 2.24) is 15.0 Å². The molecule has 0 unspecified atom stereocenters. The van der Waals surface area contributed by atoms with E-state index in [1.54, 1.807) is 6.26 Å². The van der Waals surface area contributed by atoms with Gasteiger partial charge in [-0.2, -0.15) is 0 Å². The van der Waals surface area contributed by atoms with Crippen LogP contribution < -0.4 is 0 Å². The number of para-hydroxylation sites is 2. The van der Waals surface area contributed by atoms with Crippen LogP contribution in [0.4, 0.5) is 0 Å². The summed E-state index contributed by atoms with van der Waals surface area (Å²) in [5.74, 6) is 0.839. The summed E-state index contributed by atoms with van der Waals surface area (Å²) >= 11 is 5.79. The Kier molecular flexibility index (Phi) is 3.05. The first-order chi connectivity index (χ1) is 10.8. The molecule has 0 amide bonds. The predicted molar refractivity (Wildman–Crippen MR) is 86.8 cm³/mol. The van der Waals surface area contributed by atoms with Crippen molar-refractivity contribution >= 4 is 33.7 Å². The minimum absolute atomic E-state index is 0.321. The Morgan fingerprint density at radius 2 is 1.73 bits per heavy atom. The highest BCUT2D eigenvalue weighted by molar-refractivity contribution is 6.16. The molecule has 0 aliphatic carbocycles. The monoisotopic (exact) mass is 309 g/mol. The summed E-state index contributed by atoms with van der Waals surface area (Å²) in [4.78, 5) is 13.9. The Bertz CT molecular complexity index is 994. The van der Waals surface area contributed by atoms with Gasteiger partial charge in [-0.15, -0.1) is 11.6 Å². The maximum atomic E-state index is 5.79. The summed E-state index contributed by atoms with van der Waals surface area (Å²) in [5, 5.41) is 0. The van der Waals surface area contributed by atoms with Gasteiger partial charge in [-0.05, 0) is 30.7 Å². The number of nitrogens with zero attached hydrogens (tertiary/aromatic N) is 3. The van der Waals surface area contributed by atoms with Gasteiger partial charge >= 0.3 is 0 Å². The highest BCUT2D eigenvalue weighted by Gasteiger charge is 2.13. The fourth-order valence-electron chi connectivity index (χ4n) is 2.52. The number of oxazole rings is 1. The number of fused-ring (bicyclic) bond motifs is 2. The van der Waals surface area contributed by atoms with Gasteiger partial charge in [-0.3, -0.25) is 0 Å². The molecule has 108 valence electrons. The minimum Gasteiger partial charge on any atom is -0.444 e. The maximum absolute atomic E-state index is 5.79. The van der Waals surface area contributed by atoms with Crippen molar-refractivity contribution in [1.29, 1.82) is 0 Å². The Morgan fingerprint density at radius 1 is 0.955 bits per heavy atom. The molecule has 22 heavy (non-hydrogen) atoms. The SMILES string of the molecule is Cc1cccc2nc3cccc(-c4nc(CCl)co4)c3nc12. The molecule has 4 nitrogen and oxygen atoms in total. The normalized spacial score (nSPS) is 11.4. The van der Waals surface area contributed by atoms with Gasteiger partial charge in [0, 0.05) is 0 Å². The van der Waals surface area contributed by atoms with Crippen LogP contribution in [0.5, 0.6) is 0 Å². The number of hydrogen-bond donors (Lipinski definition) is 0. The molecule has 0 bridgehead atoms. The summed E-state index contributed by atoms with van der Waals surface area (Å²) in [6, 6.07) is 11.8. The van der Waals surface area contributed by atoms with Crippen LogP contribution in [0.2, 0.25) is 0 Å². The molecule has 0 N–H and O–H groups in total. The van der Waals surface area contributed by atoms with Crippen LogP contribution in [0.25, 0.3) is 33.5 Å². The number of hydrogen-bond acceptors (Lipinski definition) is 4. The van der Waals surface area contributed by atoms with Crippen molar-refractivity contribution in [3.05, 3.63) is 53.9 Å². The Morgan fingerprint density at radius 3 is 2.50 bits per heavy atom. The van der Waals surface area contributed by atoms with Gasteiger partial charge in [0.25, 0.3) is 0 Å². The lowest BCUT2D eigenvalue weighted by atomic mass is 10.1. The second kappa shape index (κ2) is 5.07. The predicted octanol–water partition coefficient (Wildman–Crippen LogP) is 4.49. The lowest BCUT2D eigenvalue weighted by molar-refractivity contribution is 0.574. The summed E-state index contributed by atoms with van der Waals surface area (Å²) < 4.78 is 5.53. The van der Waals surface area contributed by atoms with Crippen molar-refractivity contribution < 1.29 is 4.42 Å². The van der Waals surface area contributed by atoms with E-state index in [9.17, 15) is 0 Å². The lowest BCUT2D eigenvalue weighted by Gasteiger charge is -2.06. The van der Waals surface area contributed by atoms with Crippen molar-refractivity contribution in [2.24, 2.45) is 0 Å². The van der Waals surface area contributed by atoms with E-state index < -0.39 is 0 Å². The Labute approximate surface area is 131 Å². The molecule has 0 aliphatic heterocycles. The fraction of sp³-hybridized carbons (Fsp3) is 0.118. The first-order valence-corrected chi connectivity index (χ1v) is 7.46. The van der Waals surface area contributed by atoms with Gasteiger partial charge < -0.3 is 4.42 Å². The molecule has 0 saturated heterocycles. The van der Waals surface area contributed by atoms with Crippen molar-refractivity contribution in [3.63, 3.8) is 0 Å². The Hall–Kier alpha value is -2.46.